The third-order valence-corrected chi connectivity index (χ3v) is 5.96. The number of benzene rings is 1. The van der Waals surface area contributed by atoms with Crippen molar-refractivity contribution in [3.8, 4) is 0 Å². The van der Waals surface area contributed by atoms with Crippen molar-refractivity contribution in [2.45, 2.75) is 50.9 Å². The molecule has 4 atom stereocenters. The minimum atomic E-state index is -1.87. The Morgan fingerprint density at radius 2 is 2.13 bits per heavy atom. The van der Waals surface area contributed by atoms with Crippen LogP contribution in [0.1, 0.15) is 38.7 Å². The van der Waals surface area contributed by atoms with Gasteiger partial charge in [0.05, 0.1) is 12.6 Å². The van der Waals surface area contributed by atoms with Gasteiger partial charge in [0.2, 0.25) is 5.91 Å². The second-order valence-corrected chi connectivity index (χ2v) is 8.13. The highest BCUT2D eigenvalue weighted by molar-refractivity contribution is 6.06. The van der Waals surface area contributed by atoms with E-state index in [1.807, 2.05) is 0 Å². The SMILES string of the molecule is C[C@H](O)C(=O)Nc1ccc2c(c1)[C@](O)([C@@H](C)/C=C/CC(=O)N1CCC[C@H]1CO)C(=O)N2. The molecule has 9 heteroatoms. The lowest BCUT2D eigenvalue weighted by molar-refractivity contribution is -0.137. The van der Waals surface area contributed by atoms with Crippen molar-refractivity contribution in [3.05, 3.63) is 35.9 Å². The van der Waals surface area contributed by atoms with E-state index in [-0.39, 0.29) is 25.0 Å². The number of amides is 3. The van der Waals surface area contributed by atoms with E-state index in [0.717, 1.165) is 12.8 Å². The molecule has 1 saturated heterocycles. The Kier molecular flexibility index (Phi) is 6.78. The van der Waals surface area contributed by atoms with Crippen molar-refractivity contribution < 1.29 is 29.7 Å². The lowest BCUT2D eigenvalue weighted by Gasteiger charge is -2.26. The fraction of sp³-hybridized carbons (Fsp3) is 0.500. The van der Waals surface area contributed by atoms with E-state index in [2.05, 4.69) is 10.6 Å². The zero-order valence-electron chi connectivity index (χ0n) is 17.7. The zero-order valence-corrected chi connectivity index (χ0v) is 17.7. The molecule has 1 aromatic carbocycles. The Hall–Kier alpha value is -2.75. The predicted octanol–water partition coefficient (Wildman–Crippen LogP) is 0.711. The van der Waals surface area contributed by atoms with Crippen LogP contribution in [0.3, 0.4) is 0 Å². The molecule has 0 aromatic heterocycles. The van der Waals surface area contributed by atoms with Crippen LogP contribution in [0, 0.1) is 5.92 Å². The lowest BCUT2D eigenvalue weighted by atomic mass is 9.82. The van der Waals surface area contributed by atoms with E-state index < -0.39 is 29.4 Å². The van der Waals surface area contributed by atoms with E-state index in [1.54, 1.807) is 36.1 Å². The van der Waals surface area contributed by atoms with Crippen LogP contribution in [0.2, 0.25) is 0 Å². The maximum absolute atomic E-state index is 12.6. The summed E-state index contributed by atoms with van der Waals surface area (Å²) in [5.41, 5.74) is -0.789. The van der Waals surface area contributed by atoms with E-state index >= 15 is 0 Å². The molecule has 168 valence electrons. The molecule has 5 N–H and O–H groups in total. The largest absolute Gasteiger partial charge is 0.394 e. The molecular formula is C22H29N3O6. The normalized spacial score (nSPS) is 24.7. The van der Waals surface area contributed by atoms with Gasteiger partial charge in [-0.2, -0.15) is 0 Å². The molecule has 3 amide bonds. The molecule has 0 spiro atoms. The number of fused-ring (bicyclic) bond motifs is 1. The molecule has 0 saturated carbocycles. The Balaban J connectivity index is 1.74. The quantitative estimate of drug-likeness (QED) is 0.403. The Morgan fingerprint density at radius 1 is 1.39 bits per heavy atom. The molecule has 31 heavy (non-hydrogen) atoms. The van der Waals surface area contributed by atoms with E-state index in [0.29, 0.717) is 23.5 Å². The first-order valence-electron chi connectivity index (χ1n) is 10.4. The van der Waals surface area contributed by atoms with Gasteiger partial charge in [-0.15, -0.1) is 0 Å². The summed E-state index contributed by atoms with van der Waals surface area (Å²) >= 11 is 0. The van der Waals surface area contributed by atoms with Crippen LogP contribution >= 0.6 is 0 Å². The fourth-order valence-electron chi connectivity index (χ4n) is 4.07. The maximum atomic E-state index is 12.6. The van der Waals surface area contributed by atoms with Gasteiger partial charge >= 0.3 is 0 Å². The Bertz CT molecular complexity index is 899. The summed E-state index contributed by atoms with van der Waals surface area (Å²) in [4.78, 5) is 38.4. The van der Waals surface area contributed by atoms with Gasteiger partial charge < -0.3 is 30.9 Å². The number of carbonyl (C=O) groups is 3. The van der Waals surface area contributed by atoms with Crippen LogP contribution in [-0.4, -0.2) is 63.2 Å². The molecule has 1 aromatic rings. The second-order valence-electron chi connectivity index (χ2n) is 8.13. The van der Waals surface area contributed by atoms with Crippen LogP contribution in [0.15, 0.2) is 30.4 Å². The molecule has 2 heterocycles. The summed E-state index contributed by atoms with van der Waals surface area (Å²) in [6.07, 6.45) is 3.80. The highest BCUT2D eigenvalue weighted by atomic mass is 16.3. The zero-order chi connectivity index (χ0) is 22.8. The number of hydrogen-bond acceptors (Lipinski definition) is 6. The topological polar surface area (TPSA) is 139 Å². The molecule has 2 aliphatic heterocycles. The number of aliphatic hydroxyl groups excluding tert-OH is 2. The van der Waals surface area contributed by atoms with Crippen molar-refractivity contribution in [2.24, 2.45) is 5.92 Å². The number of nitrogens with one attached hydrogen (secondary N) is 2. The van der Waals surface area contributed by atoms with E-state index in [4.69, 9.17) is 0 Å². The third-order valence-electron chi connectivity index (χ3n) is 5.96. The Labute approximate surface area is 180 Å². The second kappa shape index (κ2) is 9.17. The number of aliphatic hydroxyl groups is 3. The van der Waals surface area contributed by atoms with Crippen molar-refractivity contribution in [3.63, 3.8) is 0 Å². The predicted molar refractivity (Wildman–Crippen MR) is 114 cm³/mol. The molecule has 0 aliphatic carbocycles. The molecule has 9 nitrogen and oxygen atoms in total. The standard InChI is InChI=1S/C22H29N3O6/c1-13(5-3-7-19(28)25-10-4-6-16(25)12-26)22(31)17-11-15(23-20(29)14(2)27)8-9-18(17)24-21(22)30/h3,5,8-9,11,13-14,16,26-27,31H,4,6-7,10,12H2,1-2H3,(H,23,29)(H,24,30)/b5-3+/t13-,14-,16-,22+/m0/s1. The highest BCUT2D eigenvalue weighted by Gasteiger charge is 2.48. The molecule has 0 radical (unpaired) electrons. The summed E-state index contributed by atoms with van der Waals surface area (Å²) in [5, 5.41) is 35.2. The number of rotatable bonds is 7. The van der Waals surface area contributed by atoms with Gasteiger partial charge in [0, 0.05) is 35.8 Å². The lowest BCUT2D eigenvalue weighted by Crippen LogP contribution is -2.40. The van der Waals surface area contributed by atoms with Crippen LogP contribution in [0.4, 0.5) is 11.4 Å². The summed E-state index contributed by atoms with van der Waals surface area (Å²) in [6.45, 7) is 3.57. The first-order valence-corrected chi connectivity index (χ1v) is 10.4. The van der Waals surface area contributed by atoms with Gasteiger partial charge in [-0.25, -0.2) is 0 Å². The molecular weight excluding hydrogens is 402 g/mol. The van der Waals surface area contributed by atoms with Gasteiger partial charge in [0.25, 0.3) is 11.8 Å². The van der Waals surface area contributed by atoms with Gasteiger partial charge in [-0.1, -0.05) is 19.1 Å². The van der Waals surface area contributed by atoms with Crippen LogP contribution in [0.25, 0.3) is 0 Å². The van der Waals surface area contributed by atoms with E-state index in [9.17, 15) is 29.7 Å². The smallest absolute Gasteiger partial charge is 0.261 e. The summed E-state index contributed by atoms with van der Waals surface area (Å²) in [7, 11) is 0. The van der Waals surface area contributed by atoms with Crippen LogP contribution < -0.4 is 10.6 Å². The maximum Gasteiger partial charge on any atom is 0.261 e. The van der Waals surface area contributed by atoms with E-state index in [1.165, 1.54) is 13.0 Å². The van der Waals surface area contributed by atoms with Crippen molar-refractivity contribution in [1.29, 1.82) is 0 Å². The average Bonchev–Trinajstić information content (AvgIpc) is 3.31. The Morgan fingerprint density at radius 3 is 2.81 bits per heavy atom. The summed E-state index contributed by atoms with van der Waals surface area (Å²) < 4.78 is 0. The number of carbonyl (C=O) groups excluding carboxylic acids is 3. The summed E-state index contributed by atoms with van der Waals surface area (Å²) in [5.74, 6) is -1.96. The molecule has 0 unspecified atom stereocenters. The van der Waals surface area contributed by atoms with Crippen molar-refractivity contribution in [1.82, 2.24) is 4.90 Å². The average molecular weight is 431 g/mol. The van der Waals surface area contributed by atoms with Crippen molar-refractivity contribution in [2.75, 3.05) is 23.8 Å². The number of hydrogen-bond donors (Lipinski definition) is 5. The molecule has 3 rings (SSSR count). The molecule has 0 bridgehead atoms. The first kappa shape index (κ1) is 22.9. The van der Waals surface area contributed by atoms with Crippen LogP contribution in [0.5, 0.6) is 0 Å². The number of likely N-dealkylation sites (tertiary alicyclic amines) is 1. The minimum Gasteiger partial charge on any atom is -0.394 e. The number of nitrogens with zero attached hydrogens (tertiary/aromatic N) is 1. The molecule has 1 fully saturated rings. The molecule has 2 aliphatic rings. The van der Waals surface area contributed by atoms with Gasteiger partial charge in [-0.3, -0.25) is 14.4 Å². The monoisotopic (exact) mass is 431 g/mol. The number of anilines is 2. The van der Waals surface area contributed by atoms with Crippen molar-refractivity contribution >= 4 is 29.1 Å². The fourth-order valence-corrected chi connectivity index (χ4v) is 4.07. The minimum absolute atomic E-state index is 0.0590. The van der Waals surface area contributed by atoms with Gasteiger partial charge in [0.15, 0.2) is 5.60 Å². The first-order chi connectivity index (χ1) is 14.7. The van der Waals surface area contributed by atoms with Gasteiger partial charge in [-0.05, 0) is 38.0 Å². The third kappa shape index (κ3) is 4.48. The van der Waals surface area contributed by atoms with Crippen LogP contribution in [-0.2, 0) is 20.0 Å². The summed E-state index contributed by atoms with van der Waals surface area (Å²) in [6, 6.07) is 4.49. The van der Waals surface area contributed by atoms with Gasteiger partial charge in [0.1, 0.15) is 6.10 Å². The highest BCUT2D eigenvalue weighted by Crippen LogP contribution is 2.42.